The van der Waals surface area contributed by atoms with E-state index < -0.39 is 16.1 Å². The van der Waals surface area contributed by atoms with Crippen molar-refractivity contribution in [3.63, 3.8) is 0 Å². The molecule has 3 aromatic rings. The highest BCUT2D eigenvalue weighted by Gasteiger charge is 2.36. The molecule has 0 radical (unpaired) electrons. The van der Waals surface area contributed by atoms with E-state index in [0.717, 1.165) is 35.3 Å². The summed E-state index contributed by atoms with van der Waals surface area (Å²) in [5.74, 6) is -0.179. The quantitative estimate of drug-likeness (QED) is 0.575. The first kappa shape index (κ1) is 22.2. The molecule has 32 heavy (non-hydrogen) atoms. The van der Waals surface area contributed by atoms with Gasteiger partial charge in [-0.3, -0.25) is 4.79 Å². The number of benzene rings is 2. The van der Waals surface area contributed by atoms with Gasteiger partial charge in [-0.25, -0.2) is 13.1 Å². The molecule has 1 fully saturated rings. The summed E-state index contributed by atoms with van der Waals surface area (Å²) in [6, 6.07) is 19.0. The summed E-state index contributed by atoms with van der Waals surface area (Å²) >= 11 is 0. The third-order valence-electron chi connectivity index (χ3n) is 5.81. The van der Waals surface area contributed by atoms with E-state index in [1.54, 1.807) is 11.9 Å². The molecule has 0 N–H and O–H groups in total. The van der Waals surface area contributed by atoms with E-state index in [2.05, 4.69) is 0 Å². The maximum atomic E-state index is 13.3. The molecular formula is C24H28N4O3S. The first-order chi connectivity index (χ1) is 15.3. The molecule has 1 amide bonds. The van der Waals surface area contributed by atoms with Crippen LogP contribution >= 0.6 is 0 Å². The van der Waals surface area contributed by atoms with Crippen LogP contribution in [0.4, 0.5) is 0 Å². The van der Waals surface area contributed by atoms with Crippen LogP contribution in [-0.2, 0) is 21.4 Å². The smallest absolute Gasteiger partial charge is 0.241 e. The van der Waals surface area contributed by atoms with E-state index in [1.807, 2.05) is 71.5 Å². The van der Waals surface area contributed by atoms with Gasteiger partial charge in [-0.2, -0.15) is 9.40 Å². The predicted octanol–water partition coefficient (Wildman–Crippen LogP) is 3.31. The van der Waals surface area contributed by atoms with Gasteiger partial charge in [-0.05, 0) is 25.0 Å². The Morgan fingerprint density at radius 3 is 2.38 bits per heavy atom. The normalized spacial score (nSPS) is 17.2. The fourth-order valence-electron chi connectivity index (χ4n) is 4.21. The number of rotatable bonds is 6. The molecule has 1 unspecified atom stereocenters. The van der Waals surface area contributed by atoms with Gasteiger partial charge in [0.25, 0.3) is 0 Å². The molecule has 168 valence electrons. The van der Waals surface area contributed by atoms with Crippen molar-refractivity contribution in [3.8, 4) is 16.9 Å². The van der Waals surface area contributed by atoms with Gasteiger partial charge < -0.3 is 4.90 Å². The second-order valence-electron chi connectivity index (χ2n) is 8.23. The Morgan fingerprint density at radius 2 is 1.72 bits per heavy atom. The lowest BCUT2D eigenvalue weighted by atomic mass is 10.0. The zero-order chi connectivity index (χ0) is 22.7. The Balaban J connectivity index is 1.64. The molecular weight excluding hydrogens is 424 g/mol. The molecule has 0 bridgehead atoms. The summed E-state index contributed by atoms with van der Waals surface area (Å²) in [7, 11) is -1.71. The van der Waals surface area contributed by atoms with E-state index in [4.69, 9.17) is 5.10 Å². The van der Waals surface area contributed by atoms with E-state index in [0.29, 0.717) is 19.5 Å². The van der Waals surface area contributed by atoms with Gasteiger partial charge in [-0.15, -0.1) is 0 Å². The van der Waals surface area contributed by atoms with Crippen LogP contribution in [0.1, 0.15) is 24.8 Å². The molecule has 2 heterocycles. The first-order valence-corrected chi connectivity index (χ1v) is 12.6. The molecule has 4 rings (SSSR count). The van der Waals surface area contributed by atoms with Gasteiger partial charge >= 0.3 is 0 Å². The highest BCUT2D eigenvalue weighted by Crippen LogP contribution is 2.26. The maximum absolute atomic E-state index is 13.3. The standard InChI is InChI=1S/C24H28N4O3S/c1-26(24(29)22-15-9-10-16-28(22)32(2,30)31)17-20-18-27(21-13-7-4-8-14-21)25-23(20)19-11-5-3-6-12-19/h3-8,11-14,18,22H,9-10,15-17H2,1-2H3. The minimum absolute atomic E-state index is 0.179. The SMILES string of the molecule is CN(Cc1cn(-c2ccccc2)nc1-c1ccccc1)C(=O)C1CCCCN1S(C)(=O)=O. The molecule has 1 aromatic heterocycles. The number of hydrogen-bond acceptors (Lipinski definition) is 4. The van der Waals surface area contributed by atoms with Crippen LogP contribution in [-0.4, -0.2) is 59.2 Å². The van der Waals surface area contributed by atoms with Crippen molar-refractivity contribution in [1.82, 2.24) is 19.0 Å². The van der Waals surface area contributed by atoms with Crippen LogP contribution in [0.5, 0.6) is 0 Å². The average Bonchev–Trinajstić information content (AvgIpc) is 3.23. The van der Waals surface area contributed by atoms with Crippen molar-refractivity contribution in [1.29, 1.82) is 0 Å². The van der Waals surface area contributed by atoms with Crippen molar-refractivity contribution in [2.75, 3.05) is 19.8 Å². The van der Waals surface area contributed by atoms with Crippen molar-refractivity contribution in [3.05, 3.63) is 72.4 Å². The second kappa shape index (κ2) is 9.26. The fraction of sp³-hybridized carbons (Fsp3) is 0.333. The topological polar surface area (TPSA) is 75.5 Å². The lowest BCUT2D eigenvalue weighted by molar-refractivity contribution is -0.135. The van der Waals surface area contributed by atoms with Crippen LogP contribution in [0.3, 0.4) is 0 Å². The molecule has 2 aromatic carbocycles. The van der Waals surface area contributed by atoms with E-state index in [9.17, 15) is 13.2 Å². The number of para-hydroxylation sites is 1. The van der Waals surface area contributed by atoms with Crippen LogP contribution < -0.4 is 0 Å². The highest BCUT2D eigenvalue weighted by atomic mass is 32.2. The lowest BCUT2D eigenvalue weighted by Gasteiger charge is -2.35. The first-order valence-electron chi connectivity index (χ1n) is 10.8. The number of sulfonamides is 1. The fourth-order valence-corrected chi connectivity index (χ4v) is 5.33. The summed E-state index contributed by atoms with van der Waals surface area (Å²) in [5.41, 5.74) is 3.60. The Morgan fingerprint density at radius 1 is 1.06 bits per heavy atom. The molecule has 0 spiro atoms. The van der Waals surface area contributed by atoms with Crippen LogP contribution in [0.15, 0.2) is 66.9 Å². The summed E-state index contributed by atoms with van der Waals surface area (Å²) < 4.78 is 27.6. The molecule has 1 aliphatic rings. The Kier molecular flexibility index (Phi) is 6.43. The van der Waals surface area contributed by atoms with Gasteiger partial charge in [0, 0.05) is 37.5 Å². The summed E-state index contributed by atoms with van der Waals surface area (Å²) in [5, 5.41) is 4.80. The number of nitrogens with zero attached hydrogens (tertiary/aromatic N) is 4. The van der Waals surface area contributed by atoms with Gasteiger partial charge in [-0.1, -0.05) is 55.0 Å². The Hall–Kier alpha value is -2.97. The number of carbonyl (C=O) groups is 1. The van der Waals surface area contributed by atoms with E-state index >= 15 is 0 Å². The van der Waals surface area contributed by atoms with Gasteiger partial charge in [0.15, 0.2) is 0 Å². The molecule has 8 heteroatoms. The van der Waals surface area contributed by atoms with Crippen molar-refractivity contribution in [2.45, 2.75) is 31.8 Å². The number of aromatic nitrogens is 2. The number of piperidine rings is 1. The molecule has 1 atom stereocenters. The lowest BCUT2D eigenvalue weighted by Crippen LogP contribution is -2.51. The zero-order valence-corrected chi connectivity index (χ0v) is 19.2. The number of likely N-dealkylation sites (N-methyl/N-ethyl adjacent to an activating group) is 1. The predicted molar refractivity (Wildman–Crippen MR) is 125 cm³/mol. The third-order valence-corrected chi connectivity index (χ3v) is 7.10. The molecule has 1 aliphatic heterocycles. The summed E-state index contributed by atoms with van der Waals surface area (Å²) in [6.07, 6.45) is 5.29. The maximum Gasteiger partial charge on any atom is 0.241 e. The minimum Gasteiger partial charge on any atom is -0.340 e. The Bertz CT molecular complexity index is 1180. The van der Waals surface area contributed by atoms with Crippen molar-refractivity contribution < 1.29 is 13.2 Å². The number of hydrogen-bond donors (Lipinski definition) is 0. The average molecular weight is 453 g/mol. The van der Waals surface area contributed by atoms with Crippen LogP contribution in [0.2, 0.25) is 0 Å². The molecule has 7 nitrogen and oxygen atoms in total. The Labute approximate surface area is 189 Å². The monoisotopic (exact) mass is 452 g/mol. The van der Waals surface area contributed by atoms with E-state index in [1.165, 1.54) is 10.6 Å². The summed E-state index contributed by atoms with van der Waals surface area (Å²) in [6.45, 7) is 0.730. The zero-order valence-electron chi connectivity index (χ0n) is 18.4. The van der Waals surface area contributed by atoms with E-state index in [-0.39, 0.29) is 5.91 Å². The van der Waals surface area contributed by atoms with Gasteiger partial charge in [0.1, 0.15) is 6.04 Å². The van der Waals surface area contributed by atoms with Gasteiger partial charge in [0.2, 0.25) is 15.9 Å². The minimum atomic E-state index is -3.44. The summed E-state index contributed by atoms with van der Waals surface area (Å²) in [4.78, 5) is 14.9. The molecule has 1 saturated heterocycles. The second-order valence-corrected chi connectivity index (χ2v) is 10.2. The largest absolute Gasteiger partial charge is 0.340 e. The van der Waals surface area contributed by atoms with Crippen molar-refractivity contribution in [2.24, 2.45) is 0 Å². The van der Waals surface area contributed by atoms with Crippen LogP contribution in [0, 0.1) is 0 Å². The van der Waals surface area contributed by atoms with Crippen LogP contribution in [0.25, 0.3) is 16.9 Å². The highest BCUT2D eigenvalue weighted by molar-refractivity contribution is 7.88. The molecule has 0 saturated carbocycles. The number of carbonyl (C=O) groups excluding carboxylic acids is 1. The van der Waals surface area contributed by atoms with Gasteiger partial charge in [0.05, 0.1) is 17.6 Å². The number of amides is 1. The third kappa shape index (κ3) is 4.76. The molecule has 0 aliphatic carbocycles. The van der Waals surface area contributed by atoms with Crippen molar-refractivity contribution >= 4 is 15.9 Å².